The first kappa shape index (κ1) is 48.0. The topological polar surface area (TPSA) is 104 Å². The Morgan fingerprint density at radius 2 is 0.961 bits per heavy atom. The van der Waals surface area contributed by atoms with Crippen LogP contribution in [0.1, 0.15) is 142 Å². The molecule has 0 radical (unpaired) electrons. The quantitative estimate of drug-likeness (QED) is 0.0355. The van der Waals surface area contributed by atoms with Crippen LogP contribution < -0.4 is 5.32 Å². The second-order valence-corrected chi connectivity index (χ2v) is 14.3. The first-order valence-corrected chi connectivity index (χ1v) is 21.2. The monoisotopic (exact) mass is 726 g/mol. The van der Waals surface area contributed by atoms with Gasteiger partial charge in [0.1, 0.15) is 0 Å². The summed E-state index contributed by atoms with van der Waals surface area (Å²) in [5.41, 5.74) is 0. The van der Waals surface area contributed by atoms with Crippen molar-refractivity contribution in [2.75, 3.05) is 5.75 Å². The van der Waals surface area contributed by atoms with Crippen LogP contribution in [0.4, 0.5) is 0 Å². The largest absolute Gasteiger partial charge is 0.387 e. The molecule has 0 bridgehead atoms. The van der Waals surface area contributed by atoms with Gasteiger partial charge in [0, 0.05) is 6.42 Å². The number of carbonyl (C=O) groups excluding carboxylic acids is 1. The average Bonchev–Trinajstić information content (AvgIpc) is 3.09. The number of amides is 1. The van der Waals surface area contributed by atoms with E-state index in [1.165, 1.54) is 25.3 Å². The van der Waals surface area contributed by atoms with Crippen molar-refractivity contribution in [1.29, 1.82) is 0 Å². The predicted molar refractivity (Wildman–Crippen MR) is 220 cm³/mol. The summed E-state index contributed by atoms with van der Waals surface area (Å²) in [4.78, 5) is 12.5. The number of rotatable bonds is 33. The zero-order chi connectivity index (χ0) is 37.5. The molecule has 0 aliphatic heterocycles. The Kier molecular flexibility index (Phi) is 34.6. The van der Waals surface area contributed by atoms with Gasteiger partial charge < -0.3 is 10.4 Å². The Balaban J connectivity index is 4.09. The fourth-order valence-electron chi connectivity index (χ4n) is 5.01. The summed E-state index contributed by atoms with van der Waals surface area (Å²) in [7, 11) is -4.37. The molecular formula is C44H71NO5S. The van der Waals surface area contributed by atoms with Crippen LogP contribution in [0.3, 0.4) is 0 Å². The highest BCUT2D eigenvalue weighted by Crippen LogP contribution is 2.09. The van der Waals surface area contributed by atoms with E-state index in [0.29, 0.717) is 12.8 Å². The standard InChI is InChI=1S/C44H71NO5S/c1-3-5-7-9-11-13-15-17-18-19-20-21-22-23-24-25-26-28-30-32-34-36-38-40-44(47)45-42(41-51(48,49)50)43(46)39-37-35-33-31-29-27-16-14-12-10-8-6-4-2/h5,7,11-14,17-18,20-21,23-24,26,28-29,31,37,39,42-43,46H,3-4,6,8-10,15-16,19,22,25,27,30,32-36,38,40-41H2,1-2H3,(H,45,47)(H,48,49,50)/b7-5-,13-11-,14-12+,18-17-,21-20-,24-23-,28-26-,31-29+,39-37+. The lowest BCUT2D eigenvalue weighted by Crippen LogP contribution is -2.46. The molecule has 0 heterocycles. The third kappa shape index (κ3) is 38.1. The number of nitrogens with one attached hydrogen (secondary N) is 1. The second kappa shape index (κ2) is 36.8. The molecule has 2 unspecified atom stereocenters. The minimum atomic E-state index is -4.37. The van der Waals surface area contributed by atoms with Crippen LogP contribution in [0.2, 0.25) is 0 Å². The molecule has 0 aliphatic carbocycles. The highest BCUT2D eigenvalue weighted by atomic mass is 32.2. The normalized spacial score (nSPS) is 14.5. The van der Waals surface area contributed by atoms with Crippen molar-refractivity contribution in [3.63, 3.8) is 0 Å². The third-order valence-corrected chi connectivity index (χ3v) is 8.69. The van der Waals surface area contributed by atoms with Gasteiger partial charge in [-0.3, -0.25) is 9.35 Å². The molecule has 0 aromatic heterocycles. The first-order valence-electron chi connectivity index (χ1n) is 19.6. The van der Waals surface area contributed by atoms with E-state index in [-0.39, 0.29) is 12.3 Å². The molecule has 0 aliphatic rings. The maximum Gasteiger partial charge on any atom is 0.267 e. The van der Waals surface area contributed by atoms with Crippen molar-refractivity contribution in [2.45, 2.75) is 154 Å². The van der Waals surface area contributed by atoms with Gasteiger partial charge >= 0.3 is 0 Å². The zero-order valence-corrected chi connectivity index (χ0v) is 32.7. The lowest BCUT2D eigenvalue weighted by Gasteiger charge is -2.21. The molecule has 0 spiro atoms. The van der Waals surface area contributed by atoms with Gasteiger partial charge in [-0.1, -0.05) is 149 Å². The van der Waals surface area contributed by atoms with Crippen LogP contribution in [-0.4, -0.2) is 41.9 Å². The minimum Gasteiger partial charge on any atom is -0.387 e. The molecule has 0 rings (SSSR count). The van der Waals surface area contributed by atoms with E-state index >= 15 is 0 Å². The molecule has 3 N–H and O–H groups in total. The number of aliphatic hydroxyl groups is 1. The molecule has 0 aromatic rings. The number of hydrogen-bond donors (Lipinski definition) is 3. The van der Waals surface area contributed by atoms with Gasteiger partial charge in [-0.25, -0.2) is 0 Å². The van der Waals surface area contributed by atoms with E-state index in [1.54, 1.807) is 6.08 Å². The van der Waals surface area contributed by atoms with Crippen LogP contribution in [-0.2, 0) is 14.9 Å². The SMILES string of the molecule is CC/C=C\C/C=C\C/C=C\C/C=C\C/C=C\C/C=C\CCCCCCC(=O)NC(CS(=O)(=O)O)C(O)/C=C/CC/C=C/CC/C=C/CCCCC. The Morgan fingerprint density at radius 3 is 1.45 bits per heavy atom. The van der Waals surface area contributed by atoms with E-state index in [1.807, 2.05) is 0 Å². The van der Waals surface area contributed by atoms with Crippen molar-refractivity contribution >= 4 is 16.0 Å². The summed E-state index contributed by atoms with van der Waals surface area (Å²) in [6.07, 6.45) is 56.4. The van der Waals surface area contributed by atoms with Crippen LogP contribution >= 0.6 is 0 Å². The van der Waals surface area contributed by atoms with Gasteiger partial charge in [0.15, 0.2) is 0 Å². The molecule has 0 fully saturated rings. The molecule has 51 heavy (non-hydrogen) atoms. The number of hydrogen-bond acceptors (Lipinski definition) is 4. The van der Waals surface area contributed by atoms with Crippen molar-refractivity contribution in [3.8, 4) is 0 Å². The molecule has 6 nitrogen and oxygen atoms in total. The maximum absolute atomic E-state index is 12.5. The van der Waals surface area contributed by atoms with Gasteiger partial charge in [0.2, 0.25) is 5.91 Å². The lowest BCUT2D eigenvalue weighted by atomic mass is 10.1. The summed E-state index contributed by atoms with van der Waals surface area (Å²) in [5.74, 6) is -1.06. The number of unbranched alkanes of at least 4 members (excludes halogenated alkanes) is 9. The molecule has 0 aromatic carbocycles. The Labute approximate surface area is 312 Å². The van der Waals surface area contributed by atoms with Crippen LogP contribution in [0.15, 0.2) is 109 Å². The predicted octanol–water partition coefficient (Wildman–Crippen LogP) is 11.6. The second-order valence-electron chi connectivity index (χ2n) is 12.8. The van der Waals surface area contributed by atoms with E-state index < -0.39 is 28.0 Å². The van der Waals surface area contributed by atoms with Gasteiger partial charge in [-0.15, -0.1) is 0 Å². The van der Waals surface area contributed by atoms with Crippen molar-refractivity contribution in [1.82, 2.24) is 5.32 Å². The highest BCUT2D eigenvalue weighted by Gasteiger charge is 2.24. The summed E-state index contributed by atoms with van der Waals surface area (Å²) in [5, 5.41) is 13.1. The lowest BCUT2D eigenvalue weighted by molar-refractivity contribution is -0.122. The smallest absolute Gasteiger partial charge is 0.267 e. The number of aliphatic hydroxyl groups excluding tert-OH is 1. The average molecular weight is 726 g/mol. The molecular weight excluding hydrogens is 655 g/mol. The fraction of sp³-hybridized carbons (Fsp3) is 0.568. The van der Waals surface area contributed by atoms with E-state index in [2.05, 4.69) is 116 Å². The maximum atomic E-state index is 12.5. The fourth-order valence-corrected chi connectivity index (χ4v) is 5.74. The van der Waals surface area contributed by atoms with Gasteiger partial charge in [-0.05, 0) is 96.3 Å². The number of carbonyl (C=O) groups is 1. The molecule has 2 atom stereocenters. The van der Waals surface area contributed by atoms with Crippen LogP contribution in [0, 0.1) is 0 Å². The molecule has 0 saturated carbocycles. The van der Waals surface area contributed by atoms with Crippen molar-refractivity contribution in [3.05, 3.63) is 109 Å². The minimum absolute atomic E-state index is 0.247. The molecule has 1 amide bonds. The summed E-state index contributed by atoms with van der Waals surface area (Å²) in [6.45, 7) is 4.36. The Morgan fingerprint density at radius 1 is 0.549 bits per heavy atom. The van der Waals surface area contributed by atoms with E-state index in [4.69, 9.17) is 0 Å². The van der Waals surface area contributed by atoms with Crippen LogP contribution in [0.25, 0.3) is 0 Å². The van der Waals surface area contributed by atoms with Crippen molar-refractivity contribution in [2.24, 2.45) is 0 Å². The van der Waals surface area contributed by atoms with Gasteiger partial charge in [-0.2, -0.15) is 8.42 Å². The molecule has 0 saturated heterocycles. The Hall–Kier alpha value is -3.00. The number of allylic oxidation sites excluding steroid dienone is 17. The van der Waals surface area contributed by atoms with E-state index in [0.717, 1.165) is 89.9 Å². The van der Waals surface area contributed by atoms with Gasteiger partial charge in [0.05, 0.1) is 17.9 Å². The zero-order valence-electron chi connectivity index (χ0n) is 31.9. The van der Waals surface area contributed by atoms with Crippen LogP contribution in [0.5, 0.6) is 0 Å². The van der Waals surface area contributed by atoms with Crippen molar-refractivity contribution < 1.29 is 22.9 Å². The Bertz CT molecular complexity index is 1200. The third-order valence-electron chi connectivity index (χ3n) is 7.91. The first-order chi connectivity index (χ1) is 24.8. The van der Waals surface area contributed by atoms with E-state index in [9.17, 15) is 22.9 Å². The summed E-state index contributed by atoms with van der Waals surface area (Å²) in [6, 6.07) is -1.10. The summed E-state index contributed by atoms with van der Waals surface area (Å²) >= 11 is 0. The summed E-state index contributed by atoms with van der Waals surface area (Å²) < 4.78 is 32.4. The van der Waals surface area contributed by atoms with Gasteiger partial charge in [0.25, 0.3) is 10.1 Å². The molecule has 7 heteroatoms. The highest BCUT2D eigenvalue weighted by molar-refractivity contribution is 7.85. The molecule has 288 valence electrons.